The van der Waals surface area contributed by atoms with Crippen LogP contribution in [0.2, 0.25) is 0 Å². The van der Waals surface area contributed by atoms with Gasteiger partial charge in [-0.3, -0.25) is 14.4 Å². The molecule has 3 aliphatic rings. The standard InChI is InChI=1S/C28H37N5O6/c1-6-13-31(16-32-20-12-10-9-11-19(20)29-30-32)25(36)23-28-14-17(4)27(5,39-28)22(26(37)38-8-3)21(28)24(35)33(23)18(7-2)15-34/h6,9-12,17-18,21-23,34H,1,7-8,13-16H2,2-5H3/t17?,18-,21-,22+,23?,27-,28?/m0/s1. The highest BCUT2D eigenvalue weighted by Crippen LogP contribution is 2.65. The number of hydrogen-bond acceptors (Lipinski definition) is 8. The summed E-state index contributed by atoms with van der Waals surface area (Å²) in [7, 11) is 0. The molecule has 0 saturated carbocycles. The van der Waals surface area contributed by atoms with Crippen molar-refractivity contribution in [2.24, 2.45) is 17.8 Å². The van der Waals surface area contributed by atoms with E-state index < -0.39 is 41.1 Å². The number of benzene rings is 1. The van der Waals surface area contributed by atoms with Crippen LogP contribution in [0.5, 0.6) is 0 Å². The van der Waals surface area contributed by atoms with Crippen molar-refractivity contribution in [3.8, 4) is 0 Å². The Morgan fingerprint density at radius 3 is 2.77 bits per heavy atom. The fraction of sp³-hybridized carbons (Fsp3) is 0.607. The predicted octanol–water partition coefficient (Wildman–Crippen LogP) is 1.75. The van der Waals surface area contributed by atoms with Gasteiger partial charge in [0.05, 0.1) is 36.3 Å². The van der Waals surface area contributed by atoms with Crippen LogP contribution in [0.1, 0.15) is 40.5 Å². The Kier molecular flexibility index (Phi) is 7.00. The maximum atomic E-state index is 14.6. The van der Waals surface area contributed by atoms with Crippen LogP contribution in [0.4, 0.5) is 0 Å². The number of fused-ring (bicyclic) bond motifs is 2. The molecule has 3 unspecified atom stereocenters. The van der Waals surface area contributed by atoms with Crippen molar-refractivity contribution in [1.82, 2.24) is 24.8 Å². The first-order chi connectivity index (χ1) is 18.7. The molecule has 1 aromatic heterocycles. The van der Waals surface area contributed by atoms with Gasteiger partial charge in [0.25, 0.3) is 0 Å². The fourth-order valence-electron chi connectivity index (χ4n) is 7.08. The summed E-state index contributed by atoms with van der Waals surface area (Å²) in [6.45, 7) is 11.4. The van der Waals surface area contributed by atoms with Gasteiger partial charge >= 0.3 is 5.97 Å². The zero-order chi connectivity index (χ0) is 28.1. The van der Waals surface area contributed by atoms with Crippen LogP contribution < -0.4 is 0 Å². The summed E-state index contributed by atoms with van der Waals surface area (Å²) in [6, 6.07) is 5.81. The van der Waals surface area contributed by atoms with Gasteiger partial charge in [0.2, 0.25) is 11.8 Å². The first-order valence-corrected chi connectivity index (χ1v) is 13.7. The lowest BCUT2D eigenvalue weighted by Gasteiger charge is -2.39. The lowest BCUT2D eigenvalue weighted by atomic mass is 9.62. The maximum absolute atomic E-state index is 14.6. The monoisotopic (exact) mass is 539 g/mol. The summed E-state index contributed by atoms with van der Waals surface area (Å²) in [5.41, 5.74) is -0.726. The van der Waals surface area contributed by atoms with E-state index in [9.17, 15) is 19.5 Å². The molecular formula is C28H37N5O6. The third-order valence-electron chi connectivity index (χ3n) is 8.99. The second-order valence-electron chi connectivity index (χ2n) is 11.0. The Morgan fingerprint density at radius 1 is 1.36 bits per heavy atom. The minimum absolute atomic E-state index is 0.0781. The molecule has 7 atom stereocenters. The molecule has 0 radical (unpaired) electrons. The number of likely N-dealkylation sites (tertiary alicyclic amines) is 1. The fourth-order valence-corrected chi connectivity index (χ4v) is 7.08. The number of ether oxygens (including phenoxy) is 2. The van der Waals surface area contributed by atoms with Gasteiger partial charge in [0.1, 0.15) is 29.7 Å². The van der Waals surface area contributed by atoms with Crippen molar-refractivity contribution >= 4 is 28.8 Å². The molecule has 3 fully saturated rings. The summed E-state index contributed by atoms with van der Waals surface area (Å²) in [4.78, 5) is 45.1. The molecule has 39 heavy (non-hydrogen) atoms. The van der Waals surface area contributed by atoms with Crippen molar-refractivity contribution in [1.29, 1.82) is 0 Å². The van der Waals surface area contributed by atoms with E-state index in [0.717, 1.165) is 5.52 Å². The third-order valence-corrected chi connectivity index (χ3v) is 8.99. The maximum Gasteiger partial charge on any atom is 0.312 e. The predicted molar refractivity (Wildman–Crippen MR) is 141 cm³/mol. The molecule has 4 heterocycles. The van der Waals surface area contributed by atoms with E-state index >= 15 is 0 Å². The largest absolute Gasteiger partial charge is 0.466 e. The molecule has 1 N–H and O–H groups in total. The first kappa shape index (κ1) is 27.3. The van der Waals surface area contributed by atoms with Gasteiger partial charge in [-0.05, 0) is 44.7 Å². The molecule has 11 nitrogen and oxygen atoms in total. The van der Waals surface area contributed by atoms with Gasteiger partial charge in [-0.15, -0.1) is 11.7 Å². The number of hydrogen-bond donors (Lipinski definition) is 1. The number of carbonyl (C=O) groups excluding carboxylic acids is 3. The van der Waals surface area contributed by atoms with Crippen molar-refractivity contribution in [3.63, 3.8) is 0 Å². The highest BCUT2D eigenvalue weighted by atomic mass is 16.6. The summed E-state index contributed by atoms with van der Waals surface area (Å²) >= 11 is 0. The zero-order valence-electron chi connectivity index (χ0n) is 22.9. The molecule has 1 aromatic carbocycles. The molecular weight excluding hydrogens is 502 g/mol. The summed E-state index contributed by atoms with van der Waals surface area (Å²) < 4.78 is 13.8. The van der Waals surface area contributed by atoms with Gasteiger partial charge in [-0.2, -0.15) is 0 Å². The van der Waals surface area contributed by atoms with E-state index in [1.807, 2.05) is 45.0 Å². The summed E-state index contributed by atoms with van der Waals surface area (Å²) in [5.74, 6) is -3.03. The molecule has 1 spiro atoms. The number of carbonyl (C=O) groups is 3. The van der Waals surface area contributed by atoms with Crippen molar-refractivity contribution in [2.45, 2.75) is 70.5 Å². The van der Waals surface area contributed by atoms with Crippen LogP contribution in [-0.2, 0) is 30.5 Å². The van der Waals surface area contributed by atoms with Crippen LogP contribution in [0.25, 0.3) is 11.0 Å². The topological polar surface area (TPSA) is 127 Å². The van der Waals surface area contributed by atoms with E-state index in [1.165, 1.54) is 4.90 Å². The van der Waals surface area contributed by atoms with Crippen LogP contribution in [-0.4, -0.2) is 90.7 Å². The molecule has 2 amide bonds. The molecule has 5 rings (SSSR count). The smallest absolute Gasteiger partial charge is 0.312 e. The Bertz CT molecular complexity index is 1290. The summed E-state index contributed by atoms with van der Waals surface area (Å²) in [6.07, 6.45) is 2.48. The minimum atomic E-state index is -1.23. The molecule has 2 bridgehead atoms. The molecule has 2 aromatic rings. The van der Waals surface area contributed by atoms with Gasteiger partial charge in [-0.1, -0.05) is 37.3 Å². The molecule has 3 aliphatic heterocycles. The van der Waals surface area contributed by atoms with Gasteiger partial charge < -0.3 is 24.4 Å². The number of para-hydroxylation sites is 1. The zero-order valence-corrected chi connectivity index (χ0v) is 22.9. The van der Waals surface area contributed by atoms with Crippen molar-refractivity contribution in [2.75, 3.05) is 19.8 Å². The van der Waals surface area contributed by atoms with Crippen LogP contribution in [0.3, 0.4) is 0 Å². The Balaban J connectivity index is 1.60. The molecule has 0 aliphatic carbocycles. The number of aromatic nitrogens is 3. The van der Waals surface area contributed by atoms with Crippen LogP contribution in [0, 0.1) is 17.8 Å². The van der Waals surface area contributed by atoms with E-state index in [0.29, 0.717) is 18.4 Å². The number of esters is 1. The number of amides is 2. The van der Waals surface area contributed by atoms with Crippen molar-refractivity contribution < 1.29 is 29.0 Å². The number of nitrogens with zero attached hydrogens (tertiary/aromatic N) is 5. The Morgan fingerprint density at radius 2 is 2.10 bits per heavy atom. The first-order valence-electron chi connectivity index (χ1n) is 13.7. The van der Waals surface area contributed by atoms with E-state index in [4.69, 9.17) is 9.47 Å². The molecule has 11 heteroatoms. The average Bonchev–Trinajstić information content (AvgIpc) is 3.58. The van der Waals surface area contributed by atoms with E-state index in [2.05, 4.69) is 16.9 Å². The van der Waals surface area contributed by atoms with Crippen molar-refractivity contribution in [3.05, 3.63) is 36.9 Å². The number of rotatable bonds is 10. The van der Waals surface area contributed by atoms with Gasteiger partial charge in [0, 0.05) is 6.54 Å². The van der Waals surface area contributed by atoms with Gasteiger partial charge in [-0.25, -0.2) is 4.68 Å². The highest BCUT2D eigenvalue weighted by Gasteiger charge is 2.80. The number of aliphatic hydroxyl groups excluding tert-OH is 1. The molecule has 210 valence electrons. The highest BCUT2D eigenvalue weighted by molar-refractivity contribution is 5.98. The second kappa shape index (κ2) is 10.0. The Labute approximate surface area is 227 Å². The van der Waals surface area contributed by atoms with E-state index in [-0.39, 0.29) is 44.2 Å². The lowest BCUT2D eigenvalue weighted by molar-refractivity contribution is -0.163. The molecule has 3 saturated heterocycles. The number of aliphatic hydroxyl groups is 1. The quantitative estimate of drug-likeness (QED) is 0.357. The van der Waals surface area contributed by atoms with Gasteiger partial charge in [0.15, 0.2) is 0 Å². The minimum Gasteiger partial charge on any atom is -0.466 e. The van der Waals surface area contributed by atoms with Crippen LogP contribution >= 0.6 is 0 Å². The lowest BCUT2D eigenvalue weighted by Crippen LogP contribution is -2.59. The Hall–Kier alpha value is -3.31. The van der Waals surface area contributed by atoms with E-state index in [1.54, 1.807) is 22.6 Å². The average molecular weight is 540 g/mol. The third kappa shape index (κ3) is 3.88. The normalized spacial score (nSPS) is 31.9. The SMILES string of the molecule is C=CCN(Cn1nnc2ccccc21)C(=O)C1N([C@@H](CC)CO)C(=O)[C@@H]2[C@H](C(=O)OCC)[C@@]3(C)OC12CC3C. The van der Waals surface area contributed by atoms with Crippen LogP contribution in [0.15, 0.2) is 36.9 Å². The second-order valence-corrected chi connectivity index (χ2v) is 11.0. The summed E-state index contributed by atoms with van der Waals surface area (Å²) in [5, 5.41) is 18.7.